The van der Waals surface area contributed by atoms with Crippen molar-refractivity contribution in [1.29, 1.82) is 0 Å². The Morgan fingerprint density at radius 3 is 2.31 bits per heavy atom. The van der Waals surface area contributed by atoms with Gasteiger partial charge in [0.05, 0.1) is 5.56 Å². The SMILES string of the molecule is FC(F)(F)c1ccc(-c2nnc(NC3CCN(Cc4ccccc4)CC3)o2)cc1. The van der Waals surface area contributed by atoms with Crippen molar-refractivity contribution in [3.05, 3.63) is 65.7 Å². The largest absolute Gasteiger partial charge is 0.416 e. The molecule has 0 spiro atoms. The number of halogens is 3. The van der Waals surface area contributed by atoms with E-state index in [0.29, 0.717) is 11.6 Å². The average Bonchev–Trinajstić information content (AvgIpc) is 3.18. The van der Waals surface area contributed by atoms with Crippen LogP contribution < -0.4 is 5.32 Å². The molecule has 8 heteroatoms. The van der Waals surface area contributed by atoms with Gasteiger partial charge in [0, 0.05) is 31.2 Å². The zero-order valence-corrected chi connectivity index (χ0v) is 15.7. The molecule has 1 saturated heterocycles. The van der Waals surface area contributed by atoms with Crippen LogP contribution in [0.25, 0.3) is 11.5 Å². The van der Waals surface area contributed by atoms with E-state index in [0.717, 1.165) is 44.6 Å². The summed E-state index contributed by atoms with van der Waals surface area (Å²) < 4.78 is 43.6. The summed E-state index contributed by atoms with van der Waals surface area (Å²) in [5.74, 6) is 0.197. The number of likely N-dealkylation sites (tertiary alicyclic amines) is 1. The van der Waals surface area contributed by atoms with E-state index < -0.39 is 11.7 Å². The van der Waals surface area contributed by atoms with Crippen molar-refractivity contribution in [1.82, 2.24) is 15.1 Å². The minimum Gasteiger partial charge on any atom is -0.403 e. The fraction of sp³-hybridized carbons (Fsp3) is 0.333. The van der Waals surface area contributed by atoms with E-state index in [4.69, 9.17) is 4.42 Å². The maximum Gasteiger partial charge on any atom is 0.416 e. The first kappa shape index (κ1) is 19.4. The van der Waals surface area contributed by atoms with Crippen molar-refractivity contribution < 1.29 is 17.6 Å². The summed E-state index contributed by atoms with van der Waals surface area (Å²) in [5, 5.41) is 11.2. The minimum absolute atomic E-state index is 0.197. The second-order valence-corrected chi connectivity index (χ2v) is 7.17. The van der Waals surface area contributed by atoms with Crippen molar-refractivity contribution >= 4 is 6.01 Å². The first-order valence-electron chi connectivity index (χ1n) is 9.51. The maximum atomic E-state index is 12.7. The number of rotatable bonds is 5. The predicted octanol–water partition coefficient (Wildman–Crippen LogP) is 4.83. The third-order valence-corrected chi connectivity index (χ3v) is 5.05. The van der Waals surface area contributed by atoms with Crippen LogP contribution in [0, 0.1) is 0 Å². The summed E-state index contributed by atoms with van der Waals surface area (Å²) in [6, 6.07) is 15.6. The Labute approximate surface area is 166 Å². The molecule has 0 unspecified atom stereocenters. The number of nitrogens with zero attached hydrogens (tertiary/aromatic N) is 3. The molecule has 5 nitrogen and oxygen atoms in total. The molecular weight excluding hydrogens is 381 g/mol. The second-order valence-electron chi connectivity index (χ2n) is 7.17. The fourth-order valence-electron chi connectivity index (χ4n) is 3.45. The van der Waals surface area contributed by atoms with Gasteiger partial charge in [-0.3, -0.25) is 4.90 Å². The third-order valence-electron chi connectivity index (χ3n) is 5.05. The van der Waals surface area contributed by atoms with Gasteiger partial charge >= 0.3 is 12.2 Å². The summed E-state index contributed by atoms with van der Waals surface area (Å²) in [6.45, 7) is 2.87. The highest BCUT2D eigenvalue weighted by Crippen LogP contribution is 2.31. The van der Waals surface area contributed by atoms with Gasteiger partial charge in [-0.1, -0.05) is 35.4 Å². The van der Waals surface area contributed by atoms with E-state index in [1.54, 1.807) is 0 Å². The highest BCUT2D eigenvalue weighted by molar-refractivity contribution is 5.54. The Hall–Kier alpha value is -2.87. The van der Waals surface area contributed by atoms with Crippen LogP contribution in [-0.4, -0.2) is 34.2 Å². The lowest BCUT2D eigenvalue weighted by atomic mass is 10.0. The fourth-order valence-corrected chi connectivity index (χ4v) is 3.45. The van der Waals surface area contributed by atoms with Gasteiger partial charge in [0.2, 0.25) is 5.89 Å². The predicted molar refractivity (Wildman–Crippen MR) is 103 cm³/mol. The van der Waals surface area contributed by atoms with Crippen molar-refractivity contribution in [3.8, 4) is 11.5 Å². The van der Waals surface area contributed by atoms with E-state index in [2.05, 4.69) is 32.5 Å². The molecule has 1 aliphatic rings. The molecule has 1 aromatic heterocycles. The molecular formula is C21H21F3N4O. The Morgan fingerprint density at radius 2 is 1.66 bits per heavy atom. The van der Waals surface area contributed by atoms with Gasteiger partial charge in [0.15, 0.2) is 0 Å². The minimum atomic E-state index is -4.37. The van der Waals surface area contributed by atoms with Gasteiger partial charge < -0.3 is 9.73 Å². The molecule has 2 heterocycles. The Bertz CT molecular complexity index is 917. The van der Waals surface area contributed by atoms with Gasteiger partial charge in [0.1, 0.15) is 0 Å². The molecule has 0 saturated carbocycles. The quantitative estimate of drug-likeness (QED) is 0.662. The van der Waals surface area contributed by atoms with Crippen LogP contribution in [0.15, 0.2) is 59.0 Å². The van der Waals surface area contributed by atoms with Gasteiger partial charge in [-0.05, 0) is 42.7 Å². The number of hydrogen-bond acceptors (Lipinski definition) is 5. The molecule has 0 radical (unpaired) electrons. The van der Waals surface area contributed by atoms with Gasteiger partial charge in [-0.25, -0.2) is 0 Å². The van der Waals surface area contributed by atoms with Crippen LogP contribution in [0.1, 0.15) is 24.0 Å². The summed E-state index contributed by atoms with van der Waals surface area (Å²) in [4.78, 5) is 2.41. The first-order valence-corrected chi connectivity index (χ1v) is 9.51. The van der Waals surface area contributed by atoms with Crippen LogP contribution in [0.5, 0.6) is 0 Å². The van der Waals surface area contributed by atoms with Crippen LogP contribution >= 0.6 is 0 Å². The van der Waals surface area contributed by atoms with Gasteiger partial charge in [-0.15, -0.1) is 5.10 Å². The highest BCUT2D eigenvalue weighted by atomic mass is 19.4. The summed E-state index contributed by atoms with van der Waals surface area (Å²) in [6.07, 6.45) is -2.47. The molecule has 29 heavy (non-hydrogen) atoms. The zero-order chi connectivity index (χ0) is 20.3. The van der Waals surface area contributed by atoms with Crippen molar-refractivity contribution in [3.63, 3.8) is 0 Å². The number of alkyl halides is 3. The molecule has 1 N–H and O–H groups in total. The van der Waals surface area contributed by atoms with Gasteiger partial charge in [0.25, 0.3) is 0 Å². The number of benzene rings is 2. The van der Waals surface area contributed by atoms with Crippen molar-refractivity contribution in [2.45, 2.75) is 31.6 Å². The number of piperidine rings is 1. The van der Waals surface area contributed by atoms with Crippen LogP contribution in [-0.2, 0) is 12.7 Å². The monoisotopic (exact) mass is 402 g/mol. The second kappa shape index (κ2) is 8.24. The van der Waals surface area contributed by atoms with E-state index in [-0.39, 0.29) is 11.9 Å². The zero-order valence-electron chi connectivity index (χ0n) is 15.7. The van der Waals surface area contributed by atoms with Crippen LogP contribution in [0.2, 0.25) is 0 Å². The molecule has 2 aromatic carbocycles. The molecule has 1 aliphatic heterocycles. The number of anilines is 1. The Kier molecular flexibility index (Phi) is 5.53. The van der Waals surface area contributed by atoms with Crippen molar-refractivity contribution in [2.24, 2.45) is 0 Å². The van der Waals surface area contributed by atoms with E-state index in [1.807, 2.05) is 18.2 Å². The average molecular weight is 402 g/mol. The lowest BCUT2D eigenvalue weighted by Gasteiger charge is -2.31. The summed E-state index contributed by atoms with van der Waals surface area (Å²) in [5.41, 5.74) is 1.05. The van der Waals surface area contributed by atoms with E-state index in [9.17, 15) is 13.2 Å². The topological polar surface area (TPSA) is 54.2 Å². The smallest absolute Gasteiger partial charge is 0.403 e. The lowest BCUT2D eigenvalue weighted by molar-refractivity contribution is -0.137. The summed E-state index contributed by atoms with van der Waals surface area (Å²) in [7, 11) is 0. The van der Waals surface area contributed by atoms with E-state index in [1.165, 1.54) is 17.7 Å². The normalized spacial score (nSPS) is 16.1. The molecule has 0 amide bonds. The molecule has 4 rings (SSSR count). The number of aromatic nitrogens is 2. The van der Waals surface area contributed by atoms with Crippen molar-refractivity contribution in [2.75, 3.05) is 18.4 Å². The van der Waals surface area contributed by atoms with Crippen LogP contribution in [0.3, 0.4) is 0 Å². The molecule has 1 fully saturated rings. The summed E-state index contributed by atoms with van der Waals surface area (Å²) >= 11 is 0. The van der Waals surface area contributed by atoms with Crippen LogP contribution in [0.4, 0.5) is 19.2 Å². The molecule has 3 aromatic rings. The Morgan fingerprint density at radius 1 is 0.966 bits per heavy atom. The Balaban J connectivity index is 1.31. The maximum absolute atomic E-state index is 12.7. The third kappa shape index (κ3) is 4.95. The highest BCUT2D eigenvalue weighted by Gasteiger charge is 2.30. The number of nitrogens with one attached hydrogen (secondary N) is 1. The standard InChI is InChI=1S/C21H21F3N4O/c22-21(23,24)17-8-6-16(7-9-17)19-26-27-20(29-19)25-18-10-12-28(13-11-18)14-15-4-2-1-3-5-15/h1-9,18H,10-14H2,(H,25,27). The first-order chi connectivity index (χ1) is 14.0. The molecule has 0 aliphatic carbocycles. The molecule has 0 bridgehead atoms. The van der Waals surface area contributed by atoms with E-state index >= 15 is 0 Å². The molecule has 152 valence electrons. The lowest BCUT2D eigenvalue weighted by Crippen LogP contribution is -2.38. The number of hydrogen-bond donors (Lipinski definition) is 1. The van der Waals surface area contributed by atoms with Gasteiger partial charge in [-0.2, -0.15) is 13.2 Å². The molecule has 0 atom stereocenters.